The van der Waals surface area contributed by atoms with E-state index >= 15 is 0 Å². The van der Waals surface area contributed by atoms with Gasteiger partial charge in [-0.1, -0.05) is 19.8 Å². The summed E-state index contributed by atoms with van der Waals surface area (Å²) in [4.78, 5) is 21.9. The van der Waals surface area contributed by atoms with Crippen LogP contribution in [-0.2, 0) is 9.59 Å². The molecule has 17 heavy (non-hydrogen) atoms. The Labute approximate surface area is 103 Å². The Bertz CT molecular complexity index is 261. The van der Waals surface area contributed by atoms with Gasteiger partial charge in [-0.15, -0.1) is 0 Å². The molecule has 2 N–H and O–H groups in total. The van der Waals surface area contributed by atoms with Crippen molar-refractivity contribution < 1.29 is 14.7 Å². The van der Waals surface area contributed by atoms with Crippen LogP contribution >= 0.6 is 0 Å². The van der Waals surface area contributed by atoms with Crippen molar-refractivity contribution >= 4 is 11.9 Å². The van der Waals surface area contributed by atoms with Crippen molar-refractivity contribution in [3.8, 4) is 0 Å². The lowest BCUT2D eigenvalue weighted by molar-refractivity contribution is -0.137. The minimum atomic E-state index is -0.725. The summed E-state index contributed by atoms with van der Waals surface area (Å²) >= 11 is 0. The van der Waals surface area contributed by atoms with Gasteiger partial charge in [0.1, 0.15) is 0 Å². The Morgan fingerprint density at radius 3 is 2.47 bits per heavy atom. The largest absolute Gasteiger partial charge is 0.481 e. The van der Waals surface area contributed by atoms with Crippen LogP contribution in [0.15, 0.2) is 0 Å². The molecule has 4 heteroatoms. The van der Waals surface area contributed by atoms with Gasteiger partial charge in [-0.25, -0.2) is 0 Å². The highest BCUT2D eigenvalue weighted by molar-refractivity contribution is 5.78. The van der Waals surface area contributed by atoms with Crippen LogP contribution in [0.2, 0.25) is 0 Å². The third kappa shape index (κ3) is 6.29. The van der Waals surface area contributed by atoms with Gasteiger partial charge < -0.3 is 10.4 Å². The van der Waals surface area contributed by atoms with E-state index in [0.717, 1.165) is 32.2 Å². The van der Waals surface area contributed by atoms with E-state index in [-0.39, 0.29) is 18.2 Å². The normalized spacial score (nSPS) is 16.5. The Kier molecular flexibility index (Phi) is 6.01. The number of carboxylic acid groups (broad SMARTS) is 1. The highest BCUT2D eigenvalue weighted by Gasteiger charge is 2.32. The summed E-state index contributed by atoms with van der Waals surface area (Å²) in [7, 11) is 0. The molecule has 0 aromatic rings. The number of aliphatic carboxylic acids is 1. The van der Waals surface area contributed by atoms with E-state index in [1.807, 2.05) is 6.92 Å². The lowest BCUT2D eigenvalue weighted by atomic mass is 10.1. The SMILES string of the molecule is CC(C(=O)NCCCCCCC(=O)O)C1CC1. The number of nitrogens with one attached hydrogen (secondary N) is 1. The average Bonchev–Trinajstić information content (AvgIpc) is 3.09. The van der Waals surface area contributed by atoms with Crippen molar-refractivity contribution in [3.05, 3.63) is 0 Å². The lowest BCUT2D eigenvalue weighted by Crippen LogP contribution is -2.30. The second kappa shape index (κ2) is 7.30. The predicted octanol–water partition coefficient (Wildman–Crippen LogP) is 2.18. The topological polar surface area (TPSA) is 66.4 Å². The molecular formula is C13H23NO3. The van der Waals surface area contributed by atoms with Gasteiger partial charge >= 0.3 is 5.97 Å². The van der Waals surface area contributed by atoms with Crippen LogP contribution in [0.4, 0.5) is 0 Å². The zero-order valence-electron chi connectivity index (χ0n) is 10.6. The number of rotatable bonds is 9. The third-order valence-electron chi connectivity index (χ3n) is 3.36. The van der Waals surface area contributed by atoms with Crippen molar-refractivity contribution in [1.29, 1.82) is 0 Å². The molecule has 0 heterocycles. The Hall–Kier alpha value is -1.06. The summed E-state index contributed by atoms with van der Waals surface area (Å²) in [6.45, 7) is 2.73. The third-order valence-corrected chi connectivity index (χ3v) is 3.36. The number of amides is 1. The van der Waals surface area contributed by atoms with Crippen molar-refractivity contribution in [2.75, 3.05) is 6.54 Å². The minimum absolute atomic E-state index is 0.169. The van der Waals surface area contributed by atoms with E-state index in [0.29, 0.717) is 5.92 Å². The van der Waals surface area contributed by atoms with E-state index in [1.165, 1.54) is 12.8 Å². The fourth-order valence-electron chi connectivity index (χ4n) is 1.94. The first-order valence-electron chi connectivity index (χ1n) is 6.60. The van der Waals surface area contributed by atoms with Crippen molar-refractivity contribution in [2.45, 2.75) is 51.9 Å². The first kappa shape index (κ1) is 14.0. The maximum absolute atomic E-state index is 11.6. The van der Waals surface area contributed by atoms with Crippen molar-refractivity contribution in [1.82, 2.24) is 5.32 Å². The molecule has 1 unspecified atom stereocenters. The van der Waals surface area contributed by atoms with Gasteiger partial charge in [0.05, 0.1) is 0 Å². The Morgan fingerprint density at radius 1 is 1.24 bits per heavy atom. The van der Waals surface area contributed by atoms with Crippen LogP contribution in [0.5, 0.6) is 0 Å². The molecule has 1 saturated carbocycles. The minimum Gasteiger partial charge on any atom is -0.481 e. The number of carboxylic acids is 1. The van der Waals surface area contributed by atoms with E-state index in [4.69, 9.17) is 5.11 Å². The zero-order valence-corrected chi connectivity index (χ0v) is 10.6. The van der Waals surface area contributed by atoms with Gasteiger partial charge in [0.15, 0.2) is 0 Å². The first-order valence-corrected chi connectivity index (χ1v) is 6.60. The number of carbonyl (C=O) groups excluding carboxylic acids is 1. The predicted molar refractivity (Wildman–Crippen MR) is 65.6 cm³/mol. The molecule has 0 aliphatic heterocycles. The van der Waals surface area contributed by atoms with Gasteiger partial charge in [0, 0.05) is 18.9 Å². The fraction of sp³-hybridized carbons (Fsp3) is 0.846. The van der Waals surface area contributed by atoms with E-state index < -0.39 is 5.97 Å². The molecule has 1 amide bonds. The van der Waals surface area contributed by atoms with Gasteiger partial charge in [-0.3, -0.25) is 9.59 Å². The van der Waals surface area contributed by atoms with Crippen LogP contribution in [0.3, 0.4) is 0 Å². The monoisotopic (exact) mass is 241 g/mol. The van der Waals surface area contributed by atoms with Crippen LogP contribution in [-0.4, -0.2) is 23.5 Å². The molecule has 1 aliphatic rings. The number of hydrogen-bond donors (Lipinski definition) is 2. The van der Waals surface area contributed by atoms with Crippen LogP contribution in [0.1, 0.15) is 51.9 Å². The second-order valence-electron chi connectivity index (χ2n) is 4.98. The summed E-state index contributed by atoms with van der Waals surface area (Å²) in [5, 5.41) is 11.4. The molecule has 1 fully saturated rings. The molecule has 0 aromatic carbocycles. The summed E-state index contributed by atoms with van der Waals surface area (Å²) < 4.78 is 0. The summed E-state index contributed by atoms with van der Waals surface area (Å²) in [6.07, 6.45) is 6.26. The molecule has 0 saturated heterocycles. The molecule has 0 aromatic heterocycles. The second-order valence-corrected chi connectivity index (χ2v) is 4.98. The molecular weight excluding hydrogens is 218 g/mol. The number of carbonyl (C=O) groups is 2. The van der Waals surface area contributed by atoms with Crippen molar-refractivity contribution in [3.63, 3.8) is 0 Å². The lowest BCUT2D eigenvalue weighted by Gasteiger charge is -2.10. The molecule has 1 atom stereocenters. The van der Waals surface area contributed by atoms with E-state index in [1.54, 1.807) is 0 Å². The van der Waals surface area contributed by atoms with Crippen LogP contribution in [0.25, 0.3) is 0 Å². The van der Waals surface area contributed by atoms with Gasteiger partial charge in [-0.05, 0) is 31.6 Å². The molecule has 0 bridgehead atoms. The quantitative estimate of drug-likeness (QED) is 0.608. The Balaban J connectivity index is 1.89. The molecule has 98 valence electrons. The van der Waals surface area contributed by atoms with Crippen LogP contribution < -0.4 is 5.32 Å². The highest BCUT2D eigenvalue weighted by Crippen LogP contribution is 2.36. The van der Waals surface area contributed by atoms with Gasteiger partial charge in [-0.2, -0.15) is 0 Å². The highest BCUT2D eigenvalue weighted by atomic mass is 16.4. The number of unbranched alkanes of at least 4 members (excludes halogenated alkanes) is 3. The molecule has 4 nitrogen and oxygen atoms in total. The zero-order chi connectivity index (χ0) is 12.7. The fourth-order valence-corrected chi connectivity index (χ4v) is 1.94. The summed E-state index contributed by atoms with van der Waals surface area (Å²) in [5.41, 5.74) is 0. The molecule has 0 spiro atoms. The van der Waals surface area contributed by atoms with Gasteiger partial charge in [0.25, 0.3) is 0 Å². The van der Waals surface area contributed by atoms with Crippen LogP contribution in [0, 0.1) is 11.8 Å². The molecule has 1 aliphatic carbocycles. The van der Waals surface area contributed by atoms with E-state index in [2.05, 4.69) is 5.32 Å². The summed E-state index contributed by atoms with van der Waals surface area (Å²) in [6, 6.07) is 0. The van der Waals surface area contributed by atoms with E-state index in [9.17, 15) is 9.59 Å². The summed E-state index contributed by atoms with van der Waals surface area (Å²) in [5.74, 6) is 0.238. The molecule has 1 rings (SSSR count). The van der Waals surface area contributed by atoms with Crippen molar-refractivity contribution in [2.24, 2.45) is 11.8 Å². The molecule has 0 radical (unpaired) electrons. The number of hydrogen-bond acceptors (Lipinski definition) is 2. The Morgan fingerprint density at radius 2 is 1.88 bits per heavy atom. The van der Waals surface area contributed by atoms with Gasteiger partial charge in [0.2, 0.25) is 5.91 Å². The maximum Gasteiger partial charge on any atom is 0.303 e. The smallest absolute Gasteiger partial charge is 0.303 e. The average molecular weight is 241 g/mol. The maximum atomic E-state index is 11.6. The first-order chi connectivity index (χ1) is 8.11. The standard InChI is InChI=1S/C13H23NO3/c1-10(11-7-8-11)13(17)14-9-5-3-2-4-6-12(15)16/h10-11H,2-9H2,1H3,(H,14,17)(H,15,16).